The summed E-state index contributed by atoms with van der Waals surface area (Å²) >= 11 is 6.00. The SMILES string of the molecule is O=C(Nc1cccc(OC(F)(F)F)c1)c1ccc(Cl)cc1N1CCCC1=O. The Morgan fingerprint density at radius 2 is 1.96 bits per heavy atom. The number of anilines is 2. The molecule has 1 N–H and O–H groups in total. The predicted octanol–water partition coefficient (Wildman–Crippen LogP) is 4.62. The van der Waals surface area contributed by atoms with Crippen molar-refractivity contribution in [3.8, 4) is 5.75 Å². The number of alkyl halides is 3. The summed E-state index contributed by atoms with van der Waals surface area (Å²) in [7, 11) is 0. The first-order valence-corrected chi connectivity index (χ1v) is 8.38. The van der Waals surface area contributed by atoms with Crippen molar-refractivity contribution in [1.82, 2.24) is 0 Å². The molecule has 1 aliphatic rings. The van der Waals surface area contributed by atoms with Crippen molar-refractivity contribution in [2.75, 3.05) is 16.8 Å². The lowest BCUT2D eigenvalue weighted by Crippen LogP contribution is -2.27. The Hall–Kier alpha value is -2.74. The number of nitrogens with zero attached hydrogens (tertiary/aromatic N) is 1. The van der Waals surface area contributed by atoms with E-state index in [1.165, 1.54) is 35.2 Å². The number of carbonyl (C=O) groups excluding carboxylic acids is 2. The molecule has 1 saturated heterocycles. The molecule has 2 aromatic rings. The summed E-state index contributed by atoms with van der Waals surface area (Å²) in [4.78, 5) is 26.2. The second-order valence-corrected chi connectivity index (χ2v) is 6.28. The van der Waals surface area contributed by atoms with Crippen molar-refractivity contribution in [2.24, 2.45) is 0 Å². The molecular weight excluding hydrogens is 385 g/mol. The maximum Gasteiger partial charge on any atom is 0.573 e. The van der Waals surface area contributed by atoms with Gasteiger partial charge in [0.15, 0.2) is 0 Å². The Balaban J connectivity index is 1.85. The van der Waals surface area contributed by atoms with Gasteiger partial charge in [0.05, 0.1) is 11.3 Å². The molecule has 1 fully saturated rings. The zero-order chi connectivity index (χ0) is 19.6. The predicted molar refractivity (Wildman–Crippen MR) is 94.1 cm³/mol. The van der Waals surface area contributed by atoms with E-state index in [1.807, 2.05) is 0 Å². The number of amides is 2. The van der Waals surface area contributed by atoms with Crippen LogP contribution in [0.3, 0.4) is 0 Å². The van der Waals surface area contributed by atoms with E-state index in [2.05, 4.69) is 10.1 Å². The van der Waals surface area contributed by atoms with Gasteiger partial charge < -0.3 is 15.0 Å². The lowest BCUT2D eigenvalue weighted by Gasteiger charge is -2.20. The number of halogens is 4. The van der Waals surface area contributed by atoms with Crippen LogP contribution in [0.5, 0.6) is 5.75 Å². The summed E-state index contributed by atoms with van der Waals surface area (Å²) in [6.45, 7) is 0.467. The zero-order valence-electron chi connectivity index (χ0n) is 13.8. The highest BCUT2D eigenvalue weighted by Crippen LogP contribution is 2.30. The van der Waals surface area contributed by atoms with Gasteiger partial charge in [-0.2, -0.15) is 0 Å². The van der Waals surface area contributed by atoms with Crippen LogP contribution in [-0.4, -0.2) is 24.7 Å². The van der Waals surface area contributed by atoms with Gasteiger partial charge in [-0.05, 0) is 36.8 Å². The molecule has 1 heterocycles. The molecule has 0 spiro atoms. The summed E-state index contributed by atoms with van der Waals surface area (Å²) < 4.78 is 40.9. The number of ether oxygens (including phenoxy) is 1. The number of hydrogen-bond acceptors (Lipinski definition) is 3. The maximum atomic E-state index is 12.7. The normalized spacial score (nSPS) is 14.4. The second kappa shape index (κ2) is 7.48. The third kappa shape index (κ3) is 4.71. The molecule has 3 rings (SSSR count). The van der Waals surface area contributed by atoms with Crippen molar-refractivity contribution in [3.05, 3.63) is 53.1 Å². The summed E-state index contributed by atoms with van der Waals surface area (Å²) in [5, 5.41) is 2.88. The van der Waals surface area contributed by atoms with Gasteiger partial charge in [0.25, 0.3) is 5.91 Å². The number of hydrogen-bond donors (Lipinski definition) is 1. The van der Waals surface area contributed by atoms with Gasteiger partial charge in [0.1, 0.15) is 5.75 Å². The van der Waals surface area contributed by atoms with Gasteiger partial charge in [-0.15, -0.1) is 13.2 Å². The quantitative estimate of drug-likeness (QED) is 0.817. The molecule has 0 aromatic heterocycles. The van der Waals surface area contributed by atoms with E-state index in [0.717, 1.165) is 12.1 Å². The molecular formula is C18H14ClF3N2O3. The van der Waals surface area contributed by atoms with Crippen molar-refractivity contribution in [3.63, 3.8) is 0 Å². The number of nitrogens with one attached hydrogen (secondary N) is 1. The maximum absolute atomic E-state index is 12.7. The van der Waals surface area contributed by atoms with Crippen LogP contribution in [0.2, 0.25) is 5.02 Å². The van der Waals surface area contributed by atoms with Gasteiger partial charge in [0.2, 0.25) is 5.91 Å². The summed E-state index contributed by atoms with van der Waals surface area (Å²) in [6, 6.07) is 9.42. The van der Waals surface area contributed by atoms with Gasteiger partial charge in [-0.1, -0.05) is 17.7 Å². The molecule has 2 aromatic carbocycles. The van der Waals surface area contributed by atoms with Crippen molar-refractivity contribution >= 4 is 34.8 Å². The topological polar surface area (TPSA) is 58.6 Å². The highest BCUT2D eigenvalue weighted by atomic mass is 35.5. The Bertz CT molecular complexity index is 886. The van der Waals surface area contributed by atoms with Gasteiger partial charge in [-0.3, -0.25) is 9.59 Å². The van der Waals surface area contributed by atoms with E-state index in [1.54, 1.807) is 0 Å². The van der Waals surface area contributed by atoms with Crippen molar-refractivity contribution < 1.29 is 27.5 Å². The number of rotatable bonds is 4. The first kappa shape index (κ1) is 19.0. The first-order valence-electron chi connectivity index (χ1n) is 8.00. The smallest absolute Gasteiger partial charge is 0.406 e. The Labute approximate surface area is 157 Å². The van der Waals surface area contributed by atoms with Crippen LogP contribution in [0, 0.1) is 0 Å². The Morgan fingerprint density at radius 3 is 2.63 bits per heavy atom. The lowest BCUT2D eigenvalue weighted by molar-refractivity contribution is -0.274. The Kier molecular flexibility index (Phi) is 5.27. The molecule has 9 heteroatoms. The second-order valence-electron chi connectivity index (χ2n) is 5.84. The fraction of sp³-hybridized carbons (Fsp3) is 0.222. The van der Waals surface area contributed by atoms with Crippen molar-refractivity contribution in [1.29, 1.82) is 0 Å². The van der Waals surface area contributed by atoms with Crippen LogP contribution >= 0.6 is 11.6 Å². The summed E-state index contributed by atoms with van der Waals surface area (Å²) in [5.41, 5.74) is 0.678. The monoisotopic (exact) mass is 398 g/mol. The van der Waals surface area contributed by atoms with E-state index in [-0.39, 0.29) is 17.2 Å². The fourth-order valence-corrected chi connectivity index (χ4v) is 2.96. The van der Waals surface area contributed by atoms with Gasteiger partial charge >= 0.3 is 6.36 Å². The average Bonchev–Trinajstić information content (AvgIpc) is 2.99. The molecule has 0 radical (unpaired) electrons. The van der Waals surface area contributed by atoms with E-state index < -0.39 is 18.0 Å². The van der Waals surface area contributed by atoms with Gasteiger partial charge in [0, 0.05) is 29.7 Å². The molecule has 0 bridgehead atoms. The van der Waals surface area contributed by atoms with Crippen LogP contribution < -0.4 is 15.0 Å². The van der Waals surface area contributed by atoms with E-state index in [9.17, 15) is 22.8 Å². The molecule has 2 amide bonds. The van der Waals surface area contributed by atoms with E-state index in [0.29, 0.717) is 30.1 Å². The van der Waals surface area contributed by atoms with Crippen LogP contribution in [0.15, 0.2) is 42.5 Å². The first-order chi connectivity index (χ1) is 12.7. The zero-order valence-corrected chi connectivity index (χ0v) is 14.6. The van der Waals surface area contributed by atoms with Crippen molar-refractivity contribution in [2.45, 2.75) is 19.2 Å². The van der Waals surface area contributed by atoms with Gasteiger partial charge in [-0.25, -0.2) is 0 Å². The molecule has 5 nitrogen and oxygen atoms in total. The third-order valence-electron chi connectivity index (χ3n) is 3.89. The standard InChI is InChI=1S/C18H14ClF3N2O3/c19-11-6-7-14(15(9-11)24-8-2-5-16(24)25)17(26)23-12-3-1-4-13(10-12)27-18(20,21)22/h1,3-4,6-7,9-10H,2,5,8H2,(H,23,26). The number of carbonyl (C=O) groups is 2. The number of benzene rings is 2. The molecule has 1 aliphatic heterocycles. The molecule has 142 valence electrons. The van der Waals surface area contributed by atoms with Crippen LogP contribution in [-0.2, 0) is 4.79 Å². The highest BCUT2D eigenvalue weighted by molar-refractivity contribution is 6.31. The Morgan fingerprint density at radius 1 is 1.19 bits per heavy atom. The van der Waals surface area contributed by atoms with Crippen LogP contribution in [0.4, 0.5) is 24.5 Å². The average molecular weight is 399 g/mol. The minimum Gasteiger partial charge on any atom is -0.406 e. The summed E-state index contributed by atoms with van der Waals surface area (Å²) in [6.07, 6.45) is -3.78. The van der Waals surface area contributed by atoms with Crippen LogP contribution in [0.25, 0.3) is 0 Å². The minimum atomic E-state index is -4.83. The largest absolute Gasteiger partial charge is 0.573 e. The fourth-order valence-electron chi connectivity index (χ4n) is 2.79. The minimum absolute atomic E-state index is 0.119. The third-order valence-corrected chi connectivity index (χ3v) is 4.13. The molecule has 0 aliphatic carbocycles. The molecule has 0 saturated carbocycles. The van der Waals surface area contributed by atoms with E-state index in [4.69, 9.17) is 11.6 Å². The molecule has 27 heavy (non-hydrogen) atoms. The van der Waals surface area contributed by atoms with E-state index >= 15 is 0 Å². The summed E-state index contributed by atoms with van der Waals surface area (Å²) in [5.74, 6) is -1.15. The lowest BCUT2D eigenvalue weighted by atomic mass is 10.1. The molecule has 0 unspecified atom stereocenters. The highest BCUT2D eigenvalue weighted by Gasteiger charge is 2.31. The molecule has 0 atom stereocenters. The van der Waals surface area contributed by atoms with Crippen LogP contribution in [0.1, 0.15) is 23.2 Å².